The van der Waals surface area contributed by atoms with Gasteiger partial charge in [0.1, 0.15) is 5.82 Å². The Morgan fingerprint density at radius 2 is 1.89 bits per heavy atom. The number of rotatable bonds is 2. The summed E-state index contributed by atoms with van der Waals surface area (Å²) < 4.78 is 0.923. The third-order valence-electron chi connectivity index (χ3n) is 2.82. The Balaban J connectivity index is 2.48. The molecule has 0 bridgehead atoms. The Morgan fingerprint density at radius 3 is 2.42 bits per heavy atom. The molecule has 0 aliphatic heterocycles. The molecule has 2 aromatic rings. The number of anilines is 1. The smallest absolute Gasteiger partial charge is 0.171 e. The van der Waals surface area contributed by atoms with E-state index in [0.717, 1.165) is 26.7 Å². The lowest BCUT2D eigenvalue weighted by Crippen LogP contribution is -2.07. The number of aromatic nitrogens is 2. The standard InChI is InChI=1S/C14H18BrN3S/c1-8-11(15)13(16-5)18-12(17-8)9-6-7-10(19-9)14(2,3)4/h6-7H,1-5H3,(H,16,17,18). The van der Waals surface area contributed by atoms with Crippen molar-refractivity contribution in [2.45, 2.75) is 33.1 Å². The Morgan fingerprint density at radius 1 is 1.21 bits per heavy atom. The highest BCUT2D eigenvalue weighted by Crippen LogP contribution is 2.35. The SMILES string of the molecule is CNc1nc(-c2ccc(C(C)(C)C)s2)nc(C)c1Br. The van der Waals surface area contributed by atoms with E-state index in [-0.39, 0.29) is 5.41 Å². The lowest BCUT2D eigenvalue weighted by molar-refractivity contribution is 0.604. The van der Waals surface area contributed by atoms with Gasteiger partial charge in [-0.2, -0.15) is 0 Å². The van der Waals surface area contributed by atoms with Crippen molar-refractivity contribution in [1.82, 2.24) is 9.97 Å². The van der Waals surface area contributed by atoms with Crippen LogP contribution in [0.3, 0.4) is 0 Å². The highest BCUT2D eigenvalue weighted by Gasteiger charge is 2.18. The second-order valence-electron chi connectivity index (χ2n) is 5.46. The van der Waals surface area contributed by atoms with E-state index in [2.05, 4.69) is 64.1 Å². The van der Waals surface area contributed by atoms with Crippen molar-refractivity contribution in [1.29, 1.82) is 0 Å². The molecule has 2 aromatic heterocycles. The first kappa shape index (κ1) is 14.5. The summed E-state index contributed by atoms with van der Waals surface area (Å²) in [5, 5.41) is 3.09. The van der Waals surface area contributed by atoms with Crippen LogP contribution in [-0.4, -0.2) is 17.0 Å². The molecule has 0 aromatic carbocycles. The third-order valence-corrected chi connectivity index (χ3v) is 5.28. The monoisotopic (exact) mass is 339 g/mol. The van der Waals surface area contributed by atoms with Crippen LogP contribution >= 0.6 is 27.3 Å². The maximum absolute atomic E-state index is 4.56. The molecule has 5 heteroatoms. The zero-order valence-electron chi connectivity index (χ0n) is 11.8. The minimum Gasteiger partial charge on any atom is -0.372 e. The zero-order chi connectivity index (χ0) is 14.2. The van der Waals surface area contributed by atoms with E-state index in [1.54, 1.807) is 11.3 Å². The normalized spacial score (nSPS) is 11.7. The topological polar surface area (TPSA) is 37.8 Å². The summed E-state index contributed by atoms with van der Waals surface area (Å²) in [6.07, 6.45) is 0. The molecule has 2 heterocycles. The van der Waals surface area contributed by atoms with E-state index in [9.17, 15) is 0 Å². The summed E-state index contributed by atoms with van der Waals surface area (Å²) in [6, 6.07) is 4.27. The van der Waals surface area contributed by atoms with Crippen molar-refractivity contribution in [3.05, 3.63) is 27.2 Å². The fourth-order valence-corrected chi connectivity index (χ4v) is 3.07. The molecule has 0 amide bonds. The van der Waals surface area contributed by atoms with Crippen LogP contribution in [0.1, 0.15) is 31.3 Å². The number of nitrogens with one attached hydrogen (secondary N) is 1. The fourth-order valence-electron chi connectivity index (χ4n) is 1.70. The van der Waals surface area contributed by atoms with Crippen LogP contribution in [-0.2, 0) is 5.41 Å². The maximum Gasteiger partial charge on any atom is 0.171 e. The van der Waals surface area contributed by atoms with Crippen LogP contribution in [0.2, 0.25) is 0 Å². The van der Waals surface area contributed by atoms with Gasteiger partial charge < -0.3 is 5.32 Å². The summed E-state index contributed by atoms with van der Waals surface area (Å²) in [6.45, 7) is 8.63. The van der Waals surface area contributed by atoms with Crippen molar-refractivity contribution < 1.29 is 0 Å². The molecular formula is C14H18BrN3S. The van der Waals surface area contributed by atoms with Gasteiger partial charge in [0.2, 0.25) is 0 Å². The van der Waals surface area contributed by atoms with Gasteiger partial charge in [-0.15, -0.1) is 11.3 Å². The molecule has 2 rings (SSSR count). The second kappa shape index (κ2) is 5.21. The van der Waals surface area contributed by atoms with Crippen LogP contribution in [0.5, 0.6) is 0 Å². The van der Waals surface area contributed by atoms with E-state index in [4.69, 9.17) is 0 Å². The average Bonchev–Trinajstić information content (AvgIpc) is 2.81. The van der Waals surface area contributed by atoms with Gasteiger partial charge in [-0.3, -0.25) is 0 Å². The maximum atomic E-state index is 4.56. The molecule has 19 heavy (non-hydrogen) atoms. The van der Waals surface area contributed by atoms with E-state index in [1.807, 2.05) is 14.0 Å². The Hall–Kier alpha value is -0.940. The molecule has 0 spiro atoms. The van der Waals surface area contributed by atoms with Crippen LogP contribution in [0.15, 0.2) is 16.6 Å². The molecule has 0 radical (unpaired) electrons. The second-order valence-corrected chi connectivity index (χ2v) is 7.34. The Bertz CT molecular complexity index is 599. The van der Waals surface area contributed by atoms with E-state index < -0.39 is 0 Å². The predicted octanol–water partition coefficient (Wildman–Crippen LogP) is 4.62. The van der Waals surface area contributed by atoms with Gasteiger partial charge in [0.15, 0.2) is 5.82 Å². The van der Waals surface area contributed by atoms with Gasteiger partial charge in [0.05, 0.1) is 15.0 Å². The average molecular weight is 340 g/mol. The van der Waals surface area contributed by atoms with Crippen molar-refractivity contribution in [2.24, 2.45) is 0 Å². The first-order chi connectivity index (χ1) is 8.82. The minimum absolute atomic E-state index is 0.166. The molecule has 0 aliphatic rings. The molecule has 1 N–H and O–H groups in total. The number of nitrogens with zero attached hydrogens (tertiary/aromatic N) is 2. The molecule has 0 saturated carbocycles. The molecule has 0 unspecified atom stereocenters. The Labute approximate surface area is 126 Å². The van der Waals surface area contributed by atoms with Crippen molar-refractivity contribution in [3.8, 4) is 10.7 Å². The summed E-state index contributed by atoms with van der Waals surface area (Å²) in [4.78, 5) is 11.6. The van der Waals surface area contributed by atoms with Gasteiger partial charge in [-0.05, 0) is 40.4 Å². The van der Waals surface area contributed by atoms with Crippen LogP contribution in [0.4, 0.5) is 5.82 Å². The van der Waals surface area contributed by atoms with Crippen molar-refractivity contribution in [3.63, 3.8) is 0 Å². The molecule has 102 valence electrons. The van der Waals surface area contributed by atoms with Gasteiger partial charge >= 0.3 is 0 Å². The molecule has 0 saturated heterocycles. The quantitative estimate of drug-likeness (QED) is 0.867. The Kier molecular flexibility index (Phi) is 3.97. The lowest BCUT2D eigenvalue weighted by Gasteiger charge is -2.15. The van der Waals surface area contributed by atoms with E-state index >= 15 is 0 Å². The molecule has 0 fully saturated rings. The number of halogens is 1. The van der Waals surface area contributed by atoms with Gasteiger partial charge in [0, 0.05) is 11.9 Å². The van der Waals surface area contributed by atoms with Gasteiger partial charge in [-0.25, -0.2) is 9.97 Å². The molecule has 0 atom stereocenters. The van der Waals surface area contributed by atoms with Crippen molar-refractivity contribution >= 4 is 33.1 Å². The lowest BCUT2D eigenvalue weighted by atomic mass is 9.95. The number of aryl methyl sites for hydroxylation is 1. The number of hydrogen-bond acceptors (Lipinski definition) is 4. The predicted molar refractivity (Wildman–Crippen MR) is 86.0 cm³/mol. The van der Waals surface area contributed by atoms with E-state index in [1.165, 1.54) is 4.88 Å². The van der Waals surface area contributed by atoms with Crippen LogP contribution < -0.4 is 5.32 Å². The third kappa shape index (κ3) is 2.98. The number of hydrogen-bond donors (Lipinski definition) is 1. The summed E-state index contributed by atoms with van der Waals surface area (Å²) in [5.41, 5.74) is 1.11. The molecule has 3 nitrogen and oxygen atoms in total. The fraction of sp³-hybridized carbons (Fsp3) is 0.429. The summed E-state index contributed by atoms with van der Waals surface area (Å²) in [7, 11) is 1.87. The highest BCUT2D eigenvalue weighted by atomic mass is 79.9. The van der Waals surface area contributed by atoms with Crippen LogP contribution in [0.25, 0.3) is 10.7 Å². The zero-order valence-corrected chi connectivity index (χ0v) is 14.2. The van der Waals surface area contributed by atoms with Crippen molar-refractivity contribution in [2.75, 3.05) is 12.4 Å². The first-order valence-electron chi connectivity index (χ1n) is 6.15. The van der Waals surface area contributed by atoms with Crippen LogP contribution in [0, 0.1) is 6.92 Å². The first-order valence-corrected chi connectivity index (χ1v) is 7.76. The number of thiophene rings is 1. The minimum atomic E-state index is 0.166. The molecular weight excluding hydrogens is 322 g/mol. The highest BCUT2D eigenvalue weighted by molar-refractivity contribution is 9.10. The summed E-state index contributed by atoms with van der Waals surface area (Å²) >= 11 is 5.26. The molecule has 0 aliphatic carbocycles. The van der Waals surface area contributed by atoms with Gasteiger partial charge in [-0.1, -0.05) is 20.8 Å². The summed E-state index contributed by atoms with van der Waals surface area (Å²) in [5.74, 6) is 1.61. The largest absolute Gasteiger partial charge is 0.372 e. The van der Waals surface area contributed by atoms with Gasteiger partial charge in [0.25, 0.3) is 0 Å². The van der Waals surface area contributed by atoms with E-state index in [0.29, 0.717) is 0 Å².